The lowest BCUT2D eigenvalue weighted by Crippen LogP contribution is -2.43. The molecule has 0 heterocycles. The minimum atomic E-state index is -2.93. The van der Waals surface area contributed by atoms with Gasteiger partial charge < -0.3 is 15.4 Å². The first-order chi connectivity index (χ1) is 11.9. The first kappa shape index (κ1) is 25.1. The smallest absolute Gasteiger partial charge is 0.191 e. The lowest BCUT2D eigenvalue weighted by Gasteiger charge is -2.17. The summed E-state index contributed by atoms with van der Waals surface area (Å²) in [5.41, 5.74) is 1.29. The van der Waals surface area contributed by atoms with E-state index < -0.39 is 9.84 Å². The Hall–Kier alpha value is -0.870. The zero-order chi connectivity index (χ0) is 18.5. The third kappa shape index (κ3) is 13.3. The number of hydrogen-bond acceptors (Lipinski definition) is 4. The standard InChI is InChI=1S/C18H31N3O3S.HI/c1-16(11-15-25(3,22)23)21-18(19-2)20-12-7-13-24-14-10-17-8-5-4-6-9-17;/h4-6,8-9,16H,7,10-15H2,1-3H3,(H2,19,20,21);1H. The second-order valence-electron chi connectivity index (χ2n) is 6.16. The largest absolute Gasteiger partial charge is 0.381 e. The lowest BCUT2D eigenvalue weighted by molar-refractivity contribution is 0.135. The van der Waals surface area contributed by atoms with Crippen LogP contribution in [0, 0.1) is 0 Å². The third-order valence-corrected chi connectivity index (χ3v) is 4.64. The summed E-state index contributed by atoms with van der Waals surface area (Å²) in [4.78, 5) is 4.15. The first-order valence-electron chi connectivity index (χ1n) is 8.67. The Kier molecular flexibility index (Phi) is 13.7. The maximum absolute atomic E-state index is 11.2. The Balaban J connectivity index is 0.00000625. The minimum Gasteiger partial charge on any atom is -0.381 e. The van der Waals surface area contributed by atoms with E-state index in [-0.39, 0.29) is 35.8 Å². The van der Waals surface area contributed by atoms with Crippen LogP contribution in [0.4, 0.5) is 0 Å². The molecule has 0 aromatic heterocycles. The van der Waals surface area contributed by atoms with E-state index in [4.69, 9.17) is 4.74 Å². The van der Waals surface area contributed by atoms with Gasteiger partial charge in [0.1, 0.15) is 9.84 Å². The SMILES string of the molecule is CN=C(NCCCOCCc1ccccc1)NC(C)CCS(C)(=O)=O.I. The quantitative estimate of drug-likeness (QED) is 0.212. The molecule has 1 aromatic carbocycles. The molecular weight excluding hydrogens is 465 g/mol. The summed E-state index contributed by atoms with van der Waals surface area (Å²) in [7, 11) is -1.23. The van der Waals surface area contributed by atoms with Crippen LogP contribution in [-0.4, -0.2) is 59.2 Å². The van der Waals surface area contributed by atoms with Gasteiger partial charge in [0.25, 0.3) is 0 Å². The van der Waals surface area contributed by atoms with Crippen molar-refractivity contribution < 1.29 is 13.2 Å². The van der Waals surface area contributed by atoms with E-state index in [2.05, 4.69) is 27.8 Å². The Labute approximate surface area is 175 Å². The molecule has 6 nitrogen and oxygen atoms in total. The van der Waals surface area contributed by atoms with Crippen LogP contribution in [0.2, 0.25) is 0 Å². The van der Waals surface area contributed by atoms with Crippen LogP contribution in [-0.2, 0) is 21.0 Å². The van der Waals surface area contributed by atoms with Gasteiger partial charge in [-0.15, -0.1) is 24.0 Å². The molecule has 0 saturated carbocycles. The second kappa shape index (κ2) is 14.2. The number of aliphatic imine (C=N–C) groups is 1. The molecule has 1 rings (SSSR count). The van der Waals surface area contributed by atoms with E-state index >= 15 is 0 Å². The fourth-order valence-corrected chi connectivity index (χ4v) is 2.99. The summed E-state index contributed by atoms with van der Waals surface area (Å²) >= 11 is 0. The lowest BCUT2D eigenvalue weighted by atomic mass is 10.2. The van der Waals surface area contributed by atoms with E-state index in [9.17, 15) is 8.42 Å². The summed E-state index contributed by atoms with van der Waals surface area (Å²) in [6.07, 6.45) is 3.62. The molecule has 0 saturated heterocycles. The highest BCUT2D eigenvalue weighted by molar-refractivity contribution is 14.0. The number of hydrogen-bond donors (Lipinski definition) is 2. The van der Waals surface area contributed by atoms with Crippen LogP contribution in [0.25, 0.3) is 0 Å². The molecule has 1 atom stereocenters. The van der Waals surface area contributed by atoms with Crippen molar-refractivity contribution in [2.24, 2.45) is 4.99 Å². The number of nitrogens with zero attached hydrogens (tertiary/aromatic N) is 1. The van der Waals surface area contributed by atoms with Gasteiger partial charge in [0.05, 0.1) is 12.4 Å². The van der Waals surface area contributed by atoms with Crippen LogP contribution >= 0.6 is 24.0 Å². The van der Waals surface area contributed by atoms with E-state index in [1.54, 1.807) is 7.05 Å². The van der Waals surface area contributed by atoms with Crippen molar-refractivity contribution in [3.05, 3.63) is 35.9 Å². The molecule has 26 heavy (non-hydrogen) atoms. The van der Waals surface area contributed by atoms with Crippen LogP contribution in [0.3, 0.4) is 0 Å². The number of rotatable bonds is 11. The van der Waals surface area contributed by atoms with E-state index in [1.807, 2.05) is 25.1 Å². The van der Waals surface area contributed by atoms with Crippen molar-refractivity contribution in [1.82, 2.24) is 10.6 Å². The number of halogens is 1. The summed E-state index contributed by atoms with van der Waals surface area (Å²) < 4.78 is 28.0. The molecular formula is C18H32IN3O3S. The number of sulfone groups is 1. The maximum atomic E-state index is 11.2. The Morgan fingerprint density at radius 1 is 1.23 bits per heavy atom. The molecule has 0 bridgehead atoms. The van der Waals surface area contributed by atoms with Crippen molar-refractivity contribution in [2.75, 3.05) is 38.8 Å². The number of nitrogens with one attached hydrogen (secondary N) is 2. The monoisotopic (exact) mass is 497 g/mol. The molecule has 2 N–H and O–H groups in total. The van der Waals surface area contributed by atoms with Gasteiger partial charge in [0, 0.05) is 32.5 Å². The first-order valence-corrected chi connectivity index (χ1v) is 10.7. The summed E-state index contributed by atoms with van der Waals surface area (Å²) in [6, 6.07) is 10.3. The van der Waals surface area contributed by atoms with Crippen LogP contribution in [0.15, 0.2) is 35.3 Å². The average molecular weight is 497 g/mol. The van der Waals surface area contributed by atoms with Crippen LogP contribution < -0.4 is 10.6 Å². The molecule has 1 unspecified atom stereocenters. The van der Waals surface area contributed by atoms with Crippen molar-refractivity contribution >= 4 is 39.8 Å². The summed E-state index contributed by atoms with van der Waals surface area (Å²) in [5, 5.41) is 6.41. The Bertz CT molecular complexity index is 609. The molecule has 1 aromatic rings. The van der Waals surface area contributed by atoms with Gasteiger partial charge in [0.15, 0.2) is 5.96 Å². The van der Waals surface area contributed by atoms with Gasteiger partial charge >= 0.3 is 0 Å². The maximum Gasteiger partial charge on any atom is 0.191 e. The molecule has 0 fully saturated rings. The predicted octanol–water partition coefficient (Wildman–Crippen LogP) is 2.24. The Morgan fingerprint density at radius 3 is 2.54 bits per heavy atom. The minimum absolute atomic E-state index is 0. The van der Waals surface area contributed by atoms with Crippen molar-refractivity contribution in [3.8, 4) is 0 Å². The number of ether oxygens (including phenoxy) is 1. The molecule has 0 spiro atoms. The van der Waals surface area contributed by atoms with Gasteiger partial charge in [0.2, 0.25) is 0 Å². The molecule has 0 radical (unpaired) electrons. The Morgan fingerprint density at radius 2 is 1.92 bits per heavy atom. The number of benzene rings is 1. The number of guanidine groups is 1. The normalized spacial score (nSPS) is 13.0. The molecule has 0 amide bonds. The molecule has 0 aliphatic rings. The summed E-state index contributed by atoms with van der Waals surface area (Å²) in [6.45, 7) is 4.12. The third-order valence-electron chi connectivity index (χ3n) is 3.66. The van der Waals surface area contributed by atoms with E-state index in [0.29, 0.717) is 19.0 Å². The van der Waals surface area contributed by atoms with Gasteiger partial charge in [-0.1, -0.05) is 30.3 Å². The highest BCUT2D eigenvalue weighted by atomic mass is 127. The fourth-order valence-electron chi connectivity index (χ4n) is 2.21. The van der Waals surface area contributed by atoms with Gasteiger partial charge in [-0.3, -0.25) is 4.99 Å². The molecule has 8 heteroatoms. The second-order valence-corrected chi connectivity index (χ2v) is 8.42. The fraction of sp³-hybridized carbons (Fsp3) is 0.611. The predicted molar refractivity (Wildman–Crippen MR) is 119 cm³/mol. The summed E-state index contributed by atoms with van der Waals surface area (Å²) in [5.74, 6) is 0.859. The van der Waals surface area contributed by atoms with Crippen molar-refractivity contribution in [1.29, 1.82) is 0 Å². The van der Waals surface area contributed by atoms with Gasteiger partial charge in [-0.05, 0) is 31.7 Å². The zero-order valence-electron chi connectivity index (χ0n) is 15.9. The highest BCUT2D eigenvalue weighted by Crippen LogP contribution is 1.99. The van der Waals surface area contributed by atoms with Crippen LogP contribution in [0.1, 0.15) is 25.3 Å². The van der Waals surface area contributed by atoms with E-state index in [1.165, 1.54) is 11.8 Å². The van der Waals surface area contributed by atoms with Gasteiger partial charge in [-0.25, -0.2) is 8.42 Å². The zero-order valence-corrected chi connectivity index (χ0v) is 19.0. The van der Waals surface area contributed by atoms with E-state index in [0.717, 1.165) is 26.0 Å². The van der Waals surface area contributed by atoms with Gasteiger partial charge in [-0.2, -0.15) is 0 Å². The van der Waals surface area contributed by atoms with Crippen molar-refractivity contribution in [2.45, 2.75) is 32.2 Å². The molecule has 0 aliphatic carbocycles. The topological polar surface area (TPSA) is 79.8 Å². The molecule has 150 valence electrons. The van der Waals surface area contributed by atoms with Crippen LogP contribution in [0.5, 0.6) is 0 Å². The molecule has 0 aliphatic heterocycles. The highest BCUT2D eigenvalue weighted by Gasteiger charge is 2.09. The average Bonchev–Trinajstić information content (AvgIpc) is 2.58. The van der Waals surface area contributed by atoms with Crippen molar-refractivity contribution in [3.63, 3.8) is 0 Å².